The van der Waals surface area contributed by atoms with Crippen LogP contribution in [0.5, 0.6) is 0 Å². The van der Waals surface area contributed by atoms with Crippen molar-refractivity contribution in [2.45, 2.75) is 13.8 Å². The lowest BCUT2D eigenvalue weighted by molar-refractivity contribution is 0.802. The predicted octanol–water partition coefficient (Wildman–Crippen LogP) is 4.08. The van der Waals surface area contributed by atoms with Gasteiger partial charge in [-0.15, -0.1) is 5.10 Å². The molecule has 0 saturated carbocycles. The molecule has 0 amide bonds. The molecule has 0 atom stereocenters. The molecular weight excluding hydrogens is 296 g/mol. The molecule has 22 heavy (non-hydrogen) atoms. The van der Waals surface area contributed by atoms with E-state index in [1.165, 1.54) is 5.56 Å². The standard InChI is InChI=1S/C17H13ClN4/c1-11-7-8-16(12(2)9-11)22-17(15(10-19)20-21-22)13-5-3-4-6-14(13)18/h3-9H,1-2H3. The summed E-state index contributed by atoms with van der Waals surface area (Å²) in [6.07, 6.45) is 0. The third kappa shape index (κ3) is 2.36. The van der Waals surface area contributed by atoms with E-state index in [-0.39, 0.29) is 5.69 Å². The lowest BCUT2D eigenvalue weighted by Gasteiger charge is -2.11. The zero-order valence-electron chi connectivity index (χ0n) is 12.2. The second-order valence-corrected chi connectivity index (χ2v) is 5.49. The van der Waals surface area contributed by atoms with Crippen LogP contribution in [0.3, 0.4) is 0 Å². The fourth-order valence-corrected chi connectivity index (χ4v) is 2.69. The van der Waals surface area contributed by atoms with Crippen LogP contribution < -0.4 is 0 Å². The highest BCUT2D eigenvalue weighted by molar-refractivity contribution is 6.33. The SMILES string of the molecule is Cc1ccc(-n2nnc(C#N)c2-c2ccccc2Cl)c(C)c1. The number of aromatic nitrogens is 3. The number of halogens is 1. The van der Waals surface area contributed by atoms with Gasteiger partial charge in [-0.05, 0) is 31.5 Å². The second-order valence-electron chi connectivity index (χ2n) is 5.08. The highest BCUT2D eigenvalue weighted by atomic mass is 35.5. The van der Waals surface area contributed by atoms with E-state index in [1.807, 2.05) is 44.2 Å². The minimum absolute atomic E-state index is 0.257. The Hall–Kier alpha value is -2.64. The van der Waals surface area contributed by atoms with Crippen molar-refractivity contribution in [2.24, 2.45) is 0 Å². The average molecular weight is 309 g/mol. The summed E-state index contributed by atoms with van der Waals surface area (Å²) in [6.45, 7) is 4.04. The van der Waals surface area contributed by atoms with E-state index in [0.717, 1.165) is 16.8 Å². The molecular formula is C17H13ClN4. The molecule has 0 radical (unpaired) electrons. The predicted molar refractivity (Wildman–Crippen MR) is 86.0 cm³/mol. The highest BCUT2D eigenvalue weighted by Crippen LogP contribution is 2.31. The van der Waals surface area contributed by atoms with Gasteiger partial charge < -0.3 is 0 Å². The van der Waals surface area contributed by atoms with Gasteiger partial charge >= 0.3 is 0 Å². The summed E-state index contributed by atoms with van der Waals surface area (Å²) in [6, 6.07) is 15.5. The normalized spacial score (nSPS) is 10.5. The third-order valence-corrected chi connectivity index (χ3v) is 3.82. The summed E-state index contributed by atoms with van der Waals surface area (Å²) >= 11 is 6.29. The zero-order chi connectivity index (χ0) is 15.7. The van der Waals surface area contributed by atoms with Crippen molar-refractivity contribution in [3.63, 3.8) is 0 Å². The van der Waals surface area contributed by atoms with Crippen molar-refractivity contribution >= 4 is 11.6 Å². The number of hydrogen-bond donors (Lipinski definition) is 0. The van der Waals surface area contributed by atoms with Crippen LogP contribution in [-0.4, -0.2) is 15.0 Å². The Morgan fingerprint density at radius 3 is 2.59 bits per heavy atom. The van der Waals surface area contributed by atoms with E-state index in [0.29, 0.717) is 10.7 Å². The van der Waals surface area contributed by atoms with Crippen molar-refractivity contribution in [2.75, 3.05) is 0 Å². The van der Waals surface area contributed by atoms with Crippen molar-refractivity contribution < 1.29 is 0 Å². The van der Waals surface area contributed by atoms with Gasteiger partial charge in [0.1, 0.15) is 11.8 Å². The van der Waals surface area contributed by atoms with Crippen molar-refractivity contribution in [3.8, 4) is 23.0 Å². The Kier molecular flexibility index (Phi) is 3.66. The first-order chi connectivity index (χ1) is 10.6. The number of aryl methyl sites for hydroxylation is 2. The maximum atomic E-state index is 9.34. The van der Waals surface area contributed by atoms with Gasteiger partial charge in [0.05, 0.1) is 10.7 Å². The van der Waals surface area contributed by atoms with Crippen LogP contribution in [0.15, 0.2) is 42.5 Å². The lowest BCUT2D eigenvalue weighted by Crippen LogP contribution is -2.02. The van der Waals surface area contributed by atoms with Crippen LogP contribution in [0.25, 0.3) is 16.9 Å². The largest absolute Gasteiger partial charge is 0.211 e. The summed E-state index contributed by atoms with van der Waals surface area (Å²) in [4.78, 5) is 0. The Labute approximate surface area is 133 Å². The Balaban J connectivity index is 2.29. The molecule has 0 aliphatic heterocycles. The summed E-state index contributed by atoms with van der Waals surface area (Å²) in [7, 11) is 0. The number of nitriles is 1. The first-order valence-corrected chi connectivity index (χ1v) is 7.18. The molecule has 0 spiro atoms. The Morgan fingerprint density at radius 2 is 1.91 bits per heavy atom. The van der Waals surface area contributed by atoms with Gasteiger partial charge in [-0.3, -0.25) is 0 Å². The molecule has 0 N–H and O–H groups in total. The molecule has 4 nitrogen and oxygen atoms in total. The summed E-state index contributed by atoms with van der Waals surface area (Å²) in [5, 5.41) is 18.0. The van der Waals surface area contributed by atoms with E-state index in [4.69, 9.17) is 11.6 Å². The van der Waals surface area contributed by atoms with E-state index in [2.05, 4.69) is 22.4 Å². The fourth-order valence-electron chi connectivity index (χ4n) is 2.46. The van der Waals surface area contributed by atoms with E-state index in [1.54, 1.807) is 10.7 Å². The van der Waals surface area contributed by atoms with Crippen molar-refractivity contribution in [3.05, 3.63) is 64.3 Å². The van der Waals surface area contributed by atoms with Gasteiger partial charge in [-0.1, -0.05) is 52.7 Å². The van der Waals surface area contributed by atoms with Gasteiger partial charge in [-0.2, -0.15) is 5.26 Å². The van der Waals surface area contributed by atoms with E-state index >= 15 is 0 Å². The van der Waals surface area contributed by atoms with E-state index in [9.17, 15) is 5.26 Å². The number of benzene rings is 2. The zero-order valence-corrected chi connectivity index (χ0v) is 13.0. The molecule has 108 valence electrons. The highest BCUT2D eigenvalue weighted by Gasteiger charge is 2.19. The molecule has 1 heterocycles. The quantitative estimate of drug-likeness (QED) is 0.717. The van der Waals surface area contributed by atoms with E-state index < -0.39 is 0 Å². The van der Waals surface area contributed by atoms with Crippen LogP contribution in [-0.2, 0) is 0 Å². The maximum absolute atomic E-state index is 9.34. The molecule has 0 unspecified atom stereocenters. The topological polar surface area (TPSA) is 54.5 Å². The number of nitrogens with zero attached hydrogens (tertiary/aromatic N) is 4. The molecule has 0 fully saturated rings. The number of hydrogen-bond acceptors (Lipinski definition) is 3. The lowest BCUT2D eigenvalue weighted by atomic mass is 10.1. The molecule has 3 aromatic rings. The maximum Gasteiger partial charge on any atom is 0.191 e. The van der Waals surface area contributed by atoms with Gasteiger partial charge in [0.25, 0.3) is 0 Å². The summed E-state index contributed by atoms with van der Waals surface area (Å²) in [5.74, 6) is 0. The Morgan fingerprint density at radius 1 is 1.14 bits per heavy atom. The first-order valence-electron chi connectivity index (χ1n) is 6.80. The van der Waals surface area contributed by atoms with Crippen LogP contribution in [0.2, 0.25) is 5.02 Å². The van der Waals surface area contributed by atoms with Crippen LogP contribution >= 0.6 is 11.6 Å². The minimum Gasteiger partial charge on any atom is -0.211 e. The smallest absolute Gasteiger partial charge is 0.191 e. The molecule has 0 saturated heterocycles. The molecule has 0 aliphatic carbocycles. The van der Waals surface area contributed by atoms with Crippen molar-refractivity contribution in [1.29, 1.82) is 5.26 Å². The summed E-state index contributed by atoms with van der Waals surface area (Å²) < 4.78 is 1.68. The second kappa shape index (κ2) is 5.63. The molecule has 0 aliphatic rings. The average Bonchev–Trinajstić information content (AvgIpc) is 2.91. The molecule has 5 heteroatoms. The summed E-state index contributed by atoms with van der Waals surface area (Å²) in [5.41, 5.74) is 4.72. The van der Waals surface area contributed by atoms with Gasteiger partial charge in [0.15, 0.2) is 5.69 Å². The molecule has 2 aromatic carbocycles. The number of rotatable bonds is 2. The fraction of sp³-hybridized carbons (Fsp3) is 0.118. The Bertz CT molecular complexity index is 890. The van der Waals surface area contributed by atoms with Crippen LogP contribution in [0.1, 0.15) is 16.8 Å². The first kappa shape index (κ1) is 14.3. The van der Waals surface area contributed by atoms with Gasteiger partial charge in [-0.25, -0.2) is 4.68 Å². The third-order valence-electron chi connectivity index (χ3n) is 3.49. The van der Waals surface area contributed by atoms with Gasteiger partial charge in [0.2, 0.25) is 0 Å². The minimum atomic E-state index is 0.257. The molecule has 3 rings (SSSR count). The van der Waals surface area contributed by atoms with Crippen LogP contribution in [0.4, 0.5) is 0 Å². The van der Waals surface area contributed by atoms with Crippen LogP contribution in [0, 0.1) is 25.2 Å². The monoisotopic (exact) mass is 308 g/mol. The van der Waals surface area contributed by atoms with Gasteiger partial charge in [0, 0.05) is 5.56 Å². The molecule has 0 bridgehead atoms. The van der Waals surface area contributed by atoms with Crippen molar-refractivity contribution in [1.82, 2.24) is 15.0 Å². The molecule has 1 aromatic heterocycles.